The Hall–Kier alpha value is -3.88. The van der Waals surface area contributed by atoms with Crippen molar-refractivity contribution >= 4 is 99.4 Å². The Bertz CT molecular complexity index is 2870. The molecule has 0 radical (unpaired) electrons. The molecule has 13 nitrogen and oxygen atoms in total. The number of thiazole rings is 2. The Kier molecular flexibility index (Phi) is 15.5. The highest BCUT2D eigenvalue weighted by atomic mass is 35.5. The van der Waals surface area contributed by atoms with Crippen LogP contribution in [0.3, 0.4) is 0 Å². The standard InChI is InChI=1S/C22H23Cl2N3O5S2.C22H23Cl2N3O2S2/c1-30-18-10-14(11-19(31-2)21(18)32-3)17-13-33-22(25-17)26-6-8-27(9-7-26)34(28,29)20-12-15(23)4-5-16(20)24;1-14-10-15(2)21(16(3)11-14)19-13-30-22(25-19)26-6-8-27(9-7-26)31(28,29)20-12-17(23)4-5-18(20)24/h4-5,10-13H,6-9H2,1-3H3;4-5,10-13H,6-9H2,1-3H3. The van der Waals surface area contributed by atoms with Gasteiger partial charge in [-0.1, -0.05) is 64.1 Å². The van der Waals surface area contributed by atoms with Crippen LogP contribution in [0.2, 0.25) is 20.1 Å². The maximum atomic E-state index is 13.1. The molecule has 8 rings (SSSR count). The van der Waals surface area contributed by atoms with E-state index in [9.17, 15) is 16.8 Å². The van der Waals surface area contributed by atoms with Crippen LogP contribution in [-0.2, 0) is 20.0 Å². The van der Waals surface area contributed by atoms with E-state index in [0.717, 1.165) is 27.2 Å². The van der Waals surface area contributed by atoms with E-state index >= 15 is 0 Å². The highest BCUT2D eigenvalue weighted by molar-refractivity contribution is 7.89. The first-order chi connectivity index (χ1) is 30.9. The smallest absolute Gasteiger partial charge is 0.244 e. The maximum absolute atomic E-state index is 13.1. The molecule has 0 N–H and O–H groups in total. The second kappa shape index (κ2) is 20.6. The van der Waals surface area contributed by atoms with Crippen molar-refractivity contribution in [3.05, 3.63) is 108 Å². The lowest BCUT2D eigenvalue weighted by molar-refractivity contribution is 0.324. The summed E-state index contributed by atoms with van der Waals surface area (Å²) in [5, 5.41) is 6.75. The van der Waals surface area contributed by atoms with Crippen molar-refractivity contribution in [3.8, 4) is 39.8 Å². The minimum absolute atomic E-state index is 0.0223. The van der Waals surface area contributed by atoms with Crippen LogP contribution in [-0.4, -0.2) is 109 Å². The molecule has 0 unspecified atom stereocenters. The van der Waals surface area contributed by atoms with E-state index in [2.05, 4.69) is 48.1 Å². The first kappa shape index (κ1) is 49.0. The molecule has 0 bridgehead atoms. The summed E-state index contributed by atoms with van der Waals surface area (Å²) in [4.78, 5) is 13.9. The molecule has 65 heavy (non-hydrogen) atoms. The molecule has 2 saturated heterocycles. The molecule has 2 aromatic heterocycles. The summed E-state index contributed by atoms with van der Waals surface area (Å²) >= 11 is 27.3. The molecule has 0 atom stereocenters. The number of rotatable bonds is 11. The number of sulfonamides is 2. The average molecular weight is 1040 g/mol. The summed E-state index contributed by atoms with van der Waals surface area (Å²) in [5.41, 5.74) is 7.40. The van der Waals surface area contributed by atoms with Gasteiger partial charge in [-0.15, -0.1) is 22.7 Å². The van der Waals surface area contributed by atoms with Gasteiger partial charge in [0.05, 0.1) is 42.8 Å². The molecule has 0 saturated carbocycles. The third-order valence-electron chi connectivity index (χ3n) is 10.9. The molecule has 21 heteroatoms. The van der Waals surface area contributed by atoms with E-state index in [1.54, 1.807) is 44.8 Å². The Morgan fingerprint density at radius 1 is 0.554 bits per heavy atom. The lowest BCUT2D eigenvalue weighted by Gasteiger charge is -2.34. The van der Waals surface area contributed by atoms with Crippen LogP contribution in [0, 0.1) is 20.8 Å². The number of aromatic nitrogens is 2. The zero-order valence-corrected chi connectivity index (χ0v) is 42.6. The Labute approximate surface area is 408 Å². The number of ether oxygens (including phenoxy) is 3. The van der Waals surface area contributed by atoms with Crippen molar-refractivity contribution in [1.29, 1.82) is 0 Å². The third-order valence-corrected chi connectivity index (χ3v) is 18.0. The Morgan fingerprint density at radius 2 is 0.969 bits per heavy atom. The predicted octanol–water partition coefficient (Wildman–Crippen LogP) is 10.2. The molecule has 4 heterocycles. The van der Waals surface area contributed by atoms with Crippen molar-refractivity contribution in [3.63, 3.8) is 0 Å². The predicted molar refractivity (Wildman–Crippen MR) is 264 cm³/mol. The van der Waals surface area contributed by atoms with Gasteiger partial charge in [0.15, 0.2) is 21.8 Å². The minimum atomic E-state index is -3.75. The van der Waals surface area contributed by atoms with Gasteiger partial charge in [0.1, 0.15) is 9.79 Å². The fourth-order valence-electron chi connectivity index (χ4n) is 7.75. The van der Waals surface area contributed by atoms with Gasteiger partial charge >= 0.3 is 0 Å². The number of anilines is 2. The molecule has 0 aliphatic carbocycles. The van der Waals surface area contributed by atoms with Gasteiger partial charge in [-0.05, 0) is 80.4 Å². The number of benzene rings is 4. The summed E-state index contributed by atoms with van der Waals surface area (Å²) in [7, 11) is -2.76. The van der Waals surface area contributed by atoms with E-state index in [1.807, 2.05) is 17.5 Å². The Morgan fingerprint density at radius 3 is 1.38 bits per heavy atom. The molecule has 6 aromatic rings. The van der Waals surface area contributed by atoms with Crippen LogP contribution in [0.15, 0.2) is 81.2 Å². The summed E-state index contributed by atoms with van der Waals surface area (Å²) in [6.07, 6.45) is 0. The first-order valence-electron chi connectivity index (χ1n) is 20.1. The molecule has 4 aromatic carbocycles. The SMILES string of the molecule is COc1cc(-c2csc(N3CCN(S(=O)(=O)c4cc(Cl)ccc4Cl)CC3)n2)cc(OC)c1OC.Cc1cc(C)c(-c2csc(N3CCN(S(=O)(=O)c4cc(Cl)ccc4Cl)CC3)n2)c(C)c1. The van der Waals surface area contributed by atoms with E-state index in [1.165, 1.54) is 66.5 Å². The van der Waals surface area contributed by atoms with Gasteiger partial charge in [-0.3, -0.25) is 0 Å². The van der Waals surface area contributed by atoms with E-state index in [4.69, 9.17) is 70.6 Å². The summed E-state index contributed by atoms with van der Waals surface area (Å²) < 4.78 is 71.4. The van der Waals surface area contributed by atoms with E-state index < -0.39 is 20.0 Å². The normalized spacial score (nSPS) is 15.1. The van der Waals surface area contributed by atoms with Gasteiger partial charge in [0.25, 0.3) is 0 Å². The first-order valence-corrected chi connectivity index (χ1v) is 26.3. The molecule has 0 amide bonds. The number of halogens is 4. The van der Waals surface area contributed by atoms with Crippen molar-refractivity contribution in [1.82, 2.24) is 18.6 Å². The second-order valence-corrected chi connectivity index (χ2v) is 22.3. The van der Waals surface area contributed by atoms with Crippen LogP contribution in [0.4, 0.5) is 10.3 Å². The molecule has 2 fully saturated rings. The summed E-state index contributed by atoms with van der Waals surface area (Å²) in [6, 6.07) is 17.0. The highest BCUT2D eigenvalue weighted by Crippen LogP contribution is 2.42. The molecule has 346 valence electrons. The van der Waals surface area contributed by atoms with Crippen molar-refractivity contribution < 1.29 is 31.0 Å². The topological polar surface area (TPSA) is 135 Å². The van der Waals surface area contributed by atoms with Crippen LogP contribution in [0.25, 0.3) is 22.5 Å². The van der Waals surface area contributed by atoms with Gasteiger partial charge in [-0.2, -0.15) is 8.61 Å². The Balaban J connectivity index is 0.000000195. The second-order valence-electron chi connectivity index (χ2n) is 15.2. The molecule has 2 aliphatic rings. The summed E-state index contributed by atoms with van der Waals surface area (Å²) in [6.45, 7) is 9.80. The van der Waals surface area contributed by atoms with Gasteiger partial charge < -0.3 is 24.0 Å². The highest BCUT2D eigenvalue weighted by Gasteiger charge is 2.33. The van der Waals surface area contributed by atoms with E-state index in [-0.39, 0.29) is 19.8 Å². The average Bonchev–Trinajstić information content (AvgIpc) is 3.99. The molecule has 2 aliphatic heterocycles. The van der Waals surface area contributed by atoms with Crippen molar-refractivity contribution in [2.24, 2.45) is 0 Å². The minimum Gasteiger partial charge on any atom is -0.493 e. The number of piperazine rings is 2. The lowest BCUT2D eigenvalue weighted by Crippen LogP contribution is -2.48. The molecule has 0 spiro atoms. The van der Waals surface area contributed by atoms with Gasteiger partial charge in [0.2, 0.25) is 25.8 Å². The van der Waals surface area contributed by atoms with Gasteiger partial charge in [0, 0.05) is 84.3 Å². The quantitative estimate of drug-likeness (QED) is 0.123. The number of hydrogen-bond acceptors (Lipinski definition) is 13. The lowest BCUT2D eigenvalue weighted by atomic mass is 9.98. The van der Waals surface area contributed by atoms with Crippen LogP contribution >= 0.6 is 69.1 Å². The number of methoxy groups -OCH3 is 3. The largest absolute Gasteiger partial charge is 0.493 e. The number of hydrogen-bond donors (Lipinski definition) is 0. The van der Waals surface area contributed by atoms with Gasteiger partial charge in [-0.25, -0.2) is 26.8 Å². The zero-order valence-electron chi connectivity index (χ0n) is 36.3. The monoisotopic (exact) mass is 1040 g/mol. The van der Waals surface area contributed by atoms with E-state index in [0.29, 0.717) is 79.7 Å². The van der Waals surface area contributed by atoms with Crippen LogP contribution < -0.4 is 24.0 Å². The third kappa shape index (κ3) is 10.6. The molecular formula is C44H46Cl4N6O7S4. The van der Waals surface area contributed by atoms with Crippen LogP contribution in [0.5, 0.6) is 17.2 Å². The summed E-state index contributed by atoms with van der Waals surface area (Å²) in [5.74, 6) is 1.61. The molecular weight excluding hydrogens is 995 g/mol. The fourth-order valence-corrected chi connectivity index (χ4v) is 13.8. The fraction of sp³-hybridized carbons (Fsp3) is 0.318. The number of nitrogens with zero attached hydrogens (tertiary/aromatic N) is 6. The van der Waals surface area contributed by atoms with Crippen molar-refractivity contribution in [2.75, 3.05) is 83.5 Å². The van der Waals surface area contributed by atoms with Crippen LogP contribution in [0.1, 0.15) is 16.7 Å². The maximum Gasteiger partial charge on any atom is 0.244 e. The zero-order chi connectivity index (χ0) is 46.8. The number of aryl methyl sites for hydroxylation is 3. The van der Waals surface area contributed by atoms with Crippen molar-refractivity contribution in [2.45, 2.75) is 30.6 Å².